The van der Waals surface area contributed by atoms with Gasteiger partial charge in [0.2, 0.25) is 0 Å². The number of benzene rings is 2. The molecular weight excluding hydrogens is 470 g/mol. The van der Waals surface area contributed by atoms with Crippen LogP contribution in [-0.2, 0) is 17.9 Å². The molecule has 0 saturated carbocycles. The Morgan fingerprint density at radius 1 is 0.969 bits per heavy atom. The Balaban J connectivity index is 1.40. The highest BCUT2D eigenvalue weighted by Crippen LogP contribution is 2.33. The summed E-state index contributed by atoms with van der Waals surface area (Å²) in [5.74, 6) is 0.302. The van der Waals surface area contributed by atoms with Crippen LogP contribution in [-0.4, -0.2) is 70.2 Å². The summed E-state index contributed by atoms with van der Waals surface area (Å²) in [7, 11) is 1.79. The van der Waals surface area contributed by atoms with Crippen LogP contribution < -0.4 is 5.32 Å². The van der Waals surface area contributed by atoms with Crippen LogP contribution in [0.1, 0.15) is 18.1 Å². The van der Waals surface area contributed by atoms with Crippen molar-refractivity contribution in [1.82, 2.24) is 24.9 Å². The minimum Gasteiger partial charge on any atom is -0.310 e. The van der Waals surface area contributed by atoms with E-state index in [1.165, 1.54) is 10.5 Å². The minimum atomic E-state index is -0.390. The zero-order valence-electron chi connectivity index (χ0n) is 18.3. The molecule has 3 fully saturated rings. The van der Waals surface area contributed by atoms with Crippen molar-refractivity contribution >= 4 is 27.9 Å². The van der Waals surface area contributed by atoms with Crippen LogP contribution in [0.15, 0.2) is 59.1 Å². The number of carbonyl (C=O) groups excluding carboxylic acids is 2. The molecule has 0 bridgehead atoms. The van der Waals surface area contributed by atoms with Gasteiger partial charge in [0.1, 0.15) is 18.5 Å². The molecule has 3 amide bonds. The SMILES string of the molecule is CC1CN(Cc2ccccc2)C2NC3C(C(=O)N(Cc4ccc(Br)cc4)C(=O)N3C)N2C1. The molecule has 7 nitrogen and oxygen atoms in total. The Hall–Kier alpha value is -2.26. The molecule has 2 aromatic rings. The highest BCUT2D eigenvalue weighted by Gasteiger charge is 2.56. The Morgan fingerprint density at radius 2 is 1.66 bits per heavy atom. The number of halogens is 1. The molecule has 1 N–H and O–H groups in total. The summed E-state index contributed by atoms with van der Waals surface area (Å²) in [4.78, 5) is 34.5. The fourth-order valence-corrected chi connectivity index (χ4v) is 5.43. The van der Waals surface area contributed by atoms with Crippen molar-refractivity contribution < 1.29 is 9.59 Å². The van der Waals surface area contributed by atoms with Crippen molar-refractivity contribution in [2.45, 2.75) is 38.5 Å². The minimum absolute atomic E-state index is 0.0757. The lowest BCUT2D eigenvalue weighted by Crippen LogP contribution is -2.66. The van der Waals surface area contributed by atoms with Crippen molar-refractivity contribution in [3.05, 3.63) is 70.2 Å². The van der Waals surface area contributed by atoms with Crippen LogP contribution in [0, 0.1) is 5.92 Å². The smallest absolute Gasteiger partial charge is 0.310 e. The van der Waals surface area contributed by atoms with E-state index in [9.17, 15) is 9.59 Å². The maximum atomic E-state index is 13.6. The molecule has 2 aromatic carbocycles. The number of amides is 3. The highest BCUT2D eigenvalue weighted by atomic mass is 79.9. The van der Waals surface area contributed by atoms with Gasteiger partial charge in [-0.1, -0.05) is 65.3 Å². The zero-order valence-corrected chi connectivity index (χ0v) is 19.9. The molecule has 3 heterocycles. The normalized spacial score (nSPS) is 28.7. The van der Waals surface area contributed by atoms with Crippen LogP contribution in [0.5, 0.6) is 0 Å². The maximum Gasteiger partial charge on any atom is 0.328 e. The number of carbonyl (C=O) groups is 2. The molecule has 0 radical (unpaired) electrons. The predicted molar refractivity (Wildman–Crippen MR) is 125 cm³/mol. The van der Waals surface area contributed by atoms with Crippen molar-refractivity contribution in [3.8, 4) is 0 Å². The molecule has 168 valence electrons. The summed E-state index contributed by atoms with van der Waals surface area (Å²) in [5.41, 5.74) is 2.17. The van der Waals surface area contributed by atoms with E-state index in [0.29, 0.717) is 5.92 Å². The van der Waals surface area contributed by atoms with E-state index in [1.54, 1.807) is 11.9 Å². The summed E-state index contributed by atoms with van der Waals surface area (Å²) < 4.78 is 0.971. The first-order valence-corrected chi connectivity index (χ1v) is 11.8. The topological polar surface area (TPSA) is 59.1 Å². The average Bonchev–Trinajstić information content (AvgIpc) is 3.17. The number of hydrogen-bond acceptors (Lipinski definition) is 5. The third-order valence-corrected chi connectivity index (χ3v) is 7.18. The molecule has 8 heteroatoms. The van der Waals surface area contributed by atoms with Gasteiger partial charge < -0.3 is 4.90 Å². The van der Waals surface area contributed by atoms with E-state index in [4.69, 9.17) is 0 Å². The van der Waals surface area contributed by atoms with Crippen molar-refractivity contribution in [2.75, 3.05) is 20.1 Å². The van der Waals surface area contributed by atoms with Gasteiger partial charge in [-0.2, -0.15) is 0 Å². The average molecular weight is 498 g/mol. The molecule has 3 saturated heterocycles. The summed E-state index contributed by atoms with van der Waals surface area (Å²) in [6.45, 7) is 5.07. The maximum absolute atomic E-state index is 13.6. The second-order valence-corrected chi connectivity index (χ2v) is 10.0. The predicted octanol–water partition coefficient (Wildman–Crippen LogP) is 2.88. The molecule has 4 atom stereocenters. The molecular formula is C24H28BrN5O2. The lowest BCUT2D eigenvalue weighted by atomic mass is 10.0. The fourth-order valence-electron chi connectivity index (χ4n) is 5.17. The standard InChI is InChI=1S/C24H28BrN5O2/c1-16-12-28(14-17-6-4-3-5-7-17)23-26-21-20(29(23)13-16)22(31)30(24(32)27(21)2)15-18-8-10-19(25)11-9-18/h3-11,16,20-21,23,26H,12-15H2,1-2H3. The van der Waals surface area contributed by atoms with Gasteiger partial charge >= 0.3 is 6.03 Å². The number of fused-ring (bicyclic) bond motifs is 3. The first-order chi connectivity index (χ1) is 15.4. The second-order valence-electron chi connectivity index (χ2n) is 9.09. The molecule has 3 aliphatic heterocycles. The van der Waals surface area contributed by atoms with Crippen LogP contribution in [0.3, 0.4) is 0 Å². The molecule has 3 aliphatic rings. The zero-order chi connectivity index (χ0) is 22.4. The van der Waals surface area contributed by atoms with Crippen molar-refractivity contribution in [3.63, 3.8) is 0 Å². The summed E-state index contributed by atoms with van der Waals surface area (Å²) in [6.07, 6.45) is -0.405. The highest BCUT2D eigenvalue weighted by molar-refractivity contribution is 9.10. The molecule has 0 aliphatic carbocycles. The quantitative estimate of drug-likeness (QED) is 0.703. The molecule has 5 rings (SSSR count). The lowest BCUT2D eigenvalue weighted by molar-refractivity contribution is -0.141. The summed E-state index contributed by atoms with van der Waals surface area (Å²) in [6, 6.07) is 17.5. The summed E-state index contributed by atoms with van der Waals surface area (Å²) >= 11 is 3.44. The molecule has 0 spiro atoms. The largest absolute Gasteiger partial charge is 0.328 e. The number of likely N-dealkylation sites (N-methyl/N-ethyl adjacent to an activating group) is 1. The van der Waals surface area contributed by atoms with Gasteiger partial charge in [0, 0.05) is 31.2 Å². The van der Waals surface area contributed by atoms with E-state index in [-0.39, 0.29) is 37.0 Å². The van der Waals surface area contributed by atoms with Gasteiger partial charge in [0.25, 0.3) is 5.91 Å². The molecule has 32 heavy (non-hydrogen) atoms. The van der Waals surface area contributed by atoms with Crippen molar-refractivity contribution in [1.29, 1.82) is 0 Å². The Morgan fingerprint density at radius 3 is 2.38 bits per heavy atom. The number of imide groups is 1. The van der Waals surface area contributed by atoms with Gasteiger partial charge in [-0.3, -0.25) is 24.8 Å². The van der Waals surface area contributed by atoms with E-state index >= 15 is 0 Å². The third kappa shape index (κ3) is 3.85. The number of urea groups is 1. The van der Waals surface area contributed by atoms with E-state index in [2.05, 4.69) is 62.2 Å². The summed E-state index contributed by atoms with van der Waals surface area (Å²) in [5, 5.41) is 3.59. The van der Waals surface area contributed by atoms with E-state index in [0.717, 1.165) is 29.7 Å². The van der Waals surface area contributed by atoms with Gasteiger partial charge in [-0.25, -0.2) is 4.79 Å². The van der Waals surface area contributed by atoms with Gasteiger partial charge in [0.15, 0.2) is 0 Å². The van der Waals surface area contributed by atoms with E-state index < -0.39 is 0 Å². The van der Waals surface area contributed by atoms with Crippen LogP contribution in [0.2, 0.25) is 0 Å². The fraction of sp³-hybridized carbons (Fsp3) is 0.417. The number of nitrogens with zero attached hydrogens (tertiary/aromatic N) is 4. The van der Waals surface area contributed by atoms with Crippen molar-refractivity contribution in [2.24, 2.45) is 5.92 Å². The second kappa shape index (κ2) is 8.59. The van der Waals surface area contributed by atoms with E-state index in [1.807, 2.05) is 30.3 Å². The lowest BCUT2D eigenvalue weighted by Gasteiger charge is -2.45. The monoisotopic (exact) mass is 497 g/mol. The molecule has 4 unspecified atom stereocenters. The van der Waals surface area contributed by atoms with Gasteiger partial charge in [-0.05, 0) is 29.2 Å². The Bertz CT molecular complexity index is 1000. The first-order valence-electron chi connectivity index (χ1n) is 11.0. The van der Waals surface area contributed by atoms with Gasteiger partial charge in [-0.15, -0.1) is 0 Å². The Labute approximate surface area is 197 Å². The van der Waals surface area contributed by atoms with Crippen LogP contribution in [0.25, 0.3) is 0 Å². The Kier molecular flexibility index (Phi) is 5.79. The third-order valence-electron chi connectivity index (χ3n) is 6.66. The first kappa shape index (κ1) is 21.6. The number of nitrogens with one attached hydrogen (secondary N) is 1. The van der Waals surface area contributed by atoms with Gasteiger partial charge in [0.05, 0.1) is 6.54 Å². The molecule has 0 aromatic heterocycles. The number of rotatable bonds is 4. The number of hydrogen-bond donors (Lipinski definition) is 1. The van der Waals surface area contributed by atoms with Crippen LogP contribution >= 0.6 is 15.9 Å². The van der Waals surface area contributed by atoms with Crippen LogP contribution in [0.4, 0.5) is 4.79 Å².